The minimum absolute atomic E-state index is 0. The molecule has 24 heteroatoms. The monoisotopic (exact) mass is 944 g/mol. The zero-order chi connectivity index (χ0) is 45.5. The molecular formula is C38H46BrN6NaO16. The zero-order valence-electron chi connectivity index (χ0n) is 35.0. The van der Waals surface area contributed by atoms with Gasteiger partial charge in [0.15, 0.2) is 35.7 Å². The number of esters is 6. The third kappa shape index (κ3) is 19.9. The Bertz CT molecular complexity index is 1840. The van der Waals surface area contributed by atoms with E-state index in [1.165, 1.54) is 46.5 Å². The molecule has 2 aromatic rings. The number of rotatable bonds is 15. The number of halogens is 1. The van der Waals surface area contributed by atoms with E-state index in [1.807, 2.05) is 60.7 Å². The van der Waals surface area contributed by atoms with Crippen molar-refractivity contribution in [2.75, 3.05) is 13.2 Å². The van der Waals surface area contributed by atoms with Gasteiger partial charge in [0.25, 0.3) is 0 Å². The van der Waals surface area contributed by atoms with Crippen LogP contribution in [0.5, 0.6) is 0 Å². The van der Waals surface area contributed by atoms with Crippen molar-refractivity contribution in [3.05, 3.63) is 98.2 Å². The number of carbonyl (C=O) groups excluding carboxylic acids is 6. The molecule has 332 valence electrons. The van der Waals surface area contributed by atoms with Crippen LogP contribution >= 0.6 is 15.9 Å². The van der Waals surface area contributed by atoms with Gasteiger partial charge in [-0.05, 0) is 16.7 Å². The van der Waals surface area contributed by atoms with E-state index >= 15 is 0 Å². The van der Waals surface area contributed by atoms with E-state index in [4.69, 9.17) is 64.0 Å². The Labute approximate surface area is 386 Å². The molecule has 0 amide bonds. The first-order valence-corrected chi connectivity index (χ1v) is 19.2. The van der Waals surface area contributed by atoms with Crippen molar-refractivity contribution in [3.63, 3.8) is 0 Å². The van der Waals surface area contributed by atoms with Gasteiger partial charge in [0.1, 0.15) is 37.6 Å². The molecule has 0 radical (unpaired) electrons. The predicted molar refractivity (Wildman–Crippen MR) is 211 cm³/mol. The maximum Gasteiger partial charge on any atom is 1.00 e. The molecule has 0 unspecified atom stereocenters. The van der Waals surface area contributed by atoms with Crippen LogP contribution < -0.4 is 29.6 Å². The number of ether oxygens (including phenoxy) is 10. The van der Waals surface area contributed by atoms with Gasteiger partial charge in [-0.1, -0.05) is 81.7 Å². The van der Waals surface area contributed by atoms with Crippen molar-refractivity contribution in [2.24, 2.45) is 5.11 Å². The largest absolute Gasteiger partial charge is 1.00 e. The second-order valence-corrected chi connectivity index (χ2v) is 13.7. The molecular weight excluding hydrogens is 899 g/mol. The Morgan fingerprint density at radius 2 is 0.919 bits per heavy atom. The Morgan fingerprint density at radius 1 is 0.565 bits per heavy atom. The van der Waals surface area contributed by atoms with Crippen LogP contribution in [-0.2, 0) is 89.3 Å². The topological polar surface area (TPSA) is 302 Å². The number of nitrogens with zero attached hydrogens (tertiary/aromatic N) is 6. The molecule has 0 bridgehead atoms. The number of carbonyl (C=O) groups is 6. The van der Waals surface area contributed by atoms with Crippen molar-refractivity contribution in [3.8, 4) is 0 Å². The summed E-state index contributed by atoms with van der Waals surface area (Å²) in [7, 11) is 0. The number of hydrogen-bond acceptors (Lipinski definition) is 17. The molecule has 0 spiro atoms. The summed E-state index contributed by atoms with van der Waals surface area (Å²) in [5, 5.41) is 2.79. The first kappa shape index (κ1) is 55.2. The molecule has 62 heavy (non-hydrogen) atoms. The summed E-state index contributed by atoms with van der Waals surface area (Å²) in [6.07, 6.45) is -9.11. The van der Waals surface area contributed by atoms with Gasteiger partial charge < -0.3 is 58.4 Å². The van der Waals surface area contributed by atoms with Gasteiger partial charge in [-0.2, -0.15) is 0 Å². The molecule has 2 fully saturated rings. The molecule has 0 N–H and O–H groups in total. The van der Waals surface area contributed by atoms with E-state index in [9.17, 15) is 28.8 Å². The van der Waals surface area contributed by atoms with Crippen LogP contribution in [0.3, 0.4) is 0 Å². The van der Waals surface area contributed by atoms with Gasteiger partial charge in [0, 0.05) is 46.5 Å². The SMILES string of the molecule is CC(=O)OC[C@H]1O[C@@H](N=[N+]=[N-])[C@H](OC(C)=O)[C@@H](OCc2ccccc2)[C@@H]1OC(C)=O.CC(=O)OC[C@H]1O[C@H](Br)[C@H](OC(C)=O)[C@@H](OCc2ccccc2)[C@@H]1OC(C)=O.[N-]=[N+]=[N-].[Na+]. The summed E-state index contributed by atoms with van der Waals surface area (Å²) in [5.41, 5.74) is 24.1. The molecule has 22 nitrogen and oxygen atoms in total. The minimum Gasteiger partial charge on any atom is -0.463 e. The van der Waals surface area contributed by atoms with Crippen LogP contribution in [0.4, 0.5) is 0 Å². The van der Waals surface area contributed by atoms with E-state index in [0.717, 1.165) is 11.1 Å². The quantitative estimate of drug-likeness (QED) is 0.0469. The van der Waals surface area contributed by atoms with Crippen molar-refractivity contribution in [1.82, 2.24) is 0 Å². The number of azide groups is 1. The van der Waals surface area contributed by atoms with E-state index in [0.29, 0.717) is 0 Å². The van der Waals surface area contributed by atoms with Gasteiger partial charge in [0.05, 0.1) is 13.2 Å². The third-order valence-corrected chi connectivity index (χ3v) is 8.77. The van der Waals surface area contributed by atoms with Crippen LogP contribution in [-0.4, -0.2) is 109 Å². The molecule has 2 aromatic carbocycles. The molecule has 0 aliphatic carbocycles. The summed E-state index contributed by atoms with van der Waals surface area (Å²) < 4.78 is 54.8. The molecule has 0 aromatic heterocycles. The number of hydrogen-bond donors (Lipinski definition) is 0. The summed E-state index contributed by atoms with van der Waals surface area (Å²) in [4.78, 5) is 73.3. The van der Waals surface area contributed by atoms with Crippen molar-refractivity contribution in [1.29, 1.82) is 0 Å². The summed E-state index contributed by atoms with van der Waals surface area (Å²) in [6.45, 7) is 7.20. The Hall–Kier alpha value is -4.80. The second-order valence-electron chi connectivity index (χ2n) is 12.8. The molecule has 2 aliphatic heterocycles. The maximum absolute atomic E-state index is 11.7. The van der Waals surface area contributed by atoms with E-state index in [1.54, 1.807) is 0 Å². The molecule has 10 atom stereocenters. The number of alkyl halides is 1. The van der Waals surface area contributed by atoms with Crippen LogP contribution in [0.25, 0.3) is 26.4 Å². The van der Waals surface area contributed by atoms with Crippen LogP contribution in [0.1, 0.15) is 52.7 Å². The van der Waals surface area contributed by atoms with Crippen LogP contribution in [0, 0.1) is 0 Å². The fourth-order valence-corrected chi connectivity index (χ4v) is 6.47. The first-order chi connectivity index (χ1) is 29.0. The summed E-state index contributed by atoms with van der Waals surface area (Å²) in [6, 6.07) is 18.5. The zero-order valence-corrected chi connectivity index (χ0v) is 38.6. The van der Waals surface area contributed by atoms with E-state index in [2.05, 4.69) is 26.0 Å². The number of benzene rings is 2. The molecule has 2 saturated heterocycles. The summed E-state index contributed by atoms with van der Waals surface area (Å²) in [5.74, 6) is -3.50. The average molecular weight is 946 g/mol. The fraction of sp³-hybridized carbons (Fsp3) is 0.526. The van der Waals surface area contributed by atoms with Gasteiger partial charge in [-0.3, -0.25) is 33.7 Å². The van der Waals surface area contributed by atoms with Gasteiger partial charge >= 0.3 is 65.4 Å². The molecule has 0 saturated carbocycles. The maximum atomic E-state index is 11.7. The van der Waals surface area contributed by atoms with Crippen molar-refractivity contribution < 1.29 is 106 Å². The fourth-order valence-electron chi connectivity index (χ4n) is 5.79. The molecule has 2 aliphatic rings. The third-order valence-electron chi connectivity index (χ3n) is 8.03. The minimum atomic E-state index is -1.29. The van der Waals surface area contributed by atoms with E-state index in [-0.39, 0.29) is 56.0 Å². The van der Waals surface area contributed by atoms with Crippen molar-refractivity contribution in [2.45, 2.75) is 115 Å². The predicted octanol–water partition coefficient (Wildman–Crippen LogP) is 2.02. The van der Waals surface area contributed by atoms with Gasteiger partial charge in [-0.25, -0.2) is 0 Å². The second kappa shape index (κ2) is 29.5. The van der Waals surface area contributed by atoms with Gasteiger partial charge in [0.2, 0.25) is 0 Å². The molecule has 4 rings (SSSR count). The smallest absolute Gasteiger partial charge is 0.463 e. The summed E-state index contributed by atoms with van der Waals surface area (Å²) >= 11 is 3.33. The Morgan fingerprint density at radius 3 is 1.29 bits per heavy atom. The average Bonchev–Trinajstić information content (AvgIpc) is 3.19. The van der Waals surface area contributed by atoms with E-state index < -0.39 is 95.9 Å². The van der Waals surface area contributed by atoms with Crippen LogP contribution in [0.2, 0.25) is 0 Å². The first-order valence-electron chi connectivity index (χ1n) is 18.2. The Kier molecular flexibility index (Phi) is 26.3. The normalized spacial score (nSPS) is 24.6. The van der Waals surface area contributed by atoms with Gasteiger partial charge in [-0.15, -0.1) is 0 Å². The molecule has 2 heterocycles. The standard InChI is InChI=1S/C19H23BrO8.C19H23N3O8.N3.Na/c1-11(21)24-10-15-16(26-12(2)22)17(18(19(20)28-15)27-13(3)23)25-9-14-7-5-4-6-8-14;1-11(23)26-10-15-16(28-12(2)24)17(27-9-14-7-5-4-6-8-14)18(29-13(3)25)19(30-15)21-22-20;1-3-2;/h4-8,15-19H,9-10H2,1-3H3;4-8,15-19H,9-10H2,1-3H3;;/q;;-1;+1/t15-,16-,17+,18-,19+;15-,16-,17+,18-,19-;;/m11../s1. The van der Waals surface area contributed by atoms with Crippen LogP contribution in [0.15, 0.2) is 65.8 Å². The Balaban J connectivity index is 0.000000575. The van der Waals surface area contributed by atoms with Crippen molar-refractivity contribution >= 4 is 51.7 Å².